The topological polar surface area (TPSA) is 82.8 Å². The maximum atomic E-state index is 13.6. The van der Waals surface area contributed by atoms with Crippen molar-refractivity contribution in [2.45, 2.75) is 5.92 Å². The van der Waals surface area contributed by atoms with E-state index < -0.39 is 5.82 Å². The van der Waals surface area contributed by atoms with Crippen LogP contribution in [0.2, 0.25) is 5.02 Å². The highest BCUT2D eigenvalue weighted by molar-refractivity contribution is 6.31. The van der Waals surface area contributed by atoms with E-state index in [4.69, 9.17) is 16.3 Å². The monoisotopic (exact) mass is 410 g/mol. The molecular weight excluding hydrogens is 395 g/mol. The minimum atomic E-state index is -0.528. The van der Waals surface area contributed by atoms with E-state index in [2.05, 4.69) is 20.3 Å². The molecule has 3 aromatic heterocycles. The second-order valence-corrected chi connectivity index (χ2v) is 7.33. The number of aromatic amines is 2. The van der Waals surface area contributed by atoms with Crippen molar-refractivity contribution in [3.63, 3.8) is 0 Å². The quantitative estimate of drug-likeness (QED) is 0.460. The van der Waals surface area contributed by atoms with E-state index >= 15 is 0 Å². The molecule has 146 valence electrons. The molecule has 0 atom stereocenters. The Bertz CT molecular complexity index is 1280. The number of hydrogen-bond donors (Lipinski definition) is 3. The van der Waals surface area contributed by atoms with Gasteiger partial charge in [-0.1, -0.05) is 17.7 Å². The summed E-state index contributed by atoms with van der Waals surface area (Å²) in [4.78, 5) is 23.1. The van der Waals surface area contributed by atoms with Crippen molar-refractivity contribution in [3.05, 3.63) is 75.7 Å². The van der Waals surface area contributed by atoms with Crippen LogP contribution in [0.3, 0.4) is 0 Å². The second-order valence-electron chi connectivity index (χ2n) is 6.93. The lowest BCUT2D eigenvalue weighted by Gasteiger charge is -2.28. The minimum Gasteiger partial charge on any atom is -0.380 e. The molecule has 0 bridgehead atoms. The Morgan fingerprint density at radius 3 is 2.79 bits per heavy atom. The number of anilines is 2. The number of H-pyrrole nitrogens is 2. The van der Waals surface area contributed by atoms with Crippen molar-refractivity contribution >= 4 is 34.0 Å². The molecule has 4 heterocycles. The number of aromatic nitrogens is 3. The molecule has 1 aromatic carbocycles. The lowest BCUT2D eigenvalue weighted by atomic mass is 9.98. The lowest BCUT2D eigenvalue weighted by molar-refractivity contribution is 0.00695. The largest absolute Gasteiger partial charge is 0.380 e. The first-order chi connectivity index (χ1) is 14.1. The molecule has 0 amide bonds. The summed E-state index contributed by atoms with van der Waals surface area (Å²) in [6.07, 6.45) is 3.53. The summed E-state index contributed by atoms with van der Waals surface area (Å²) in [5, 5.41) is 4.32. The summed E-state index contributed by atoms with van der Waals surface area (Å²) in [7, 11) is 0. The molecule has 0 unspecified atom stereocenters. The first-order valence-corrected chi connectivity index (χ1v) is 9.47. The Hall–Kier alpha value is -3.16. The van der Waals surface area contributed by atoms with Crippen molar-refractivity contribution in [1.82, 2.24) is 15.0 Å². The number of pyridine rings is 2. The van der Waals surface area contributed by atoms with Gasteiger partial charge in [-0.25, -0.2) is 9.37 Å². The second kappa shape index (κ2) is 7.02. The molecule has 0 spiro atoms. The first-order valence-electron chi connectivity index (χ1n) is 9.09. The molecule has 8 heteroatoms. The maximum Gasteiger partial charge on any atom is 0.256 e. The molecule has 4 aromatic rings. The van der Waals surface area contributed by atoms with Gasteiger partial charge in [0.15, 0.2) is 0 Å². The van der Waals surface area contributed by atoms with E-state index in [0.29, 0.717) is 24.3 Å². The standard InChI is InChI=1S/C21H16ClFN4O2/c22-15-7-11(1-2-16(15)23)14-8-18(19(27-21(14)28)12-9-29-10-12)26-17-4-6-25-20-13(17)3-5-24-20/h1-8,12H,9-10H2,(H,27,28)(H2,24,25,26). The molecule has 29 heavy (non-hydrogen) atoms. The number of benzene rings is 1. The number of rotatable bonds is 4. The molecule has 1 aliphatic rings. The molecule has 0 radical (unpaired) electrons. The number of ether oxygens (including phenoxy) is 1. The fourth-order valence-electron chi connectivity index (χ4n) is 3.47. The number of hydrogen-bond acceptors (Lipinski definition) is 4. The van der Waals surface area contributed by atoms with Gasteiger partial charge in [-0.3, -0.25) is 4.79 Å². The van der Waals surface area contributed by atoms with Crippen LogP contribution in [0.25, 0.3) is 22.2 Å². The van der Waals surface area contributed by atoms with Crippen LogP contribution in [0.15, 0.2) is 53.6 Å². The molecule has 1 saturated heterocycles. The van der Waals surface area contributed by atoms with Crippen molar-refractivity contribution in [2.75, 3.05) is 18.5 Å². The van der Waals surface area contributed by atoms with E-state index in [1.807, 2.05) is 18.3 Å². The fourth-order valence-corrected chi connectivity index (χ4v) is 3.65. The predicted molar refractivity (Wildman–Crippen MR) is 110 cm³/mol. The Morgan fingerprint density at radius 2 is 2.03 bits per heavy atom. The van der Waals surface area contributed by atoms with Crippen LogP contribution in [0.4, 0.5) is 15.8 Å². The first kappa shape index (κ1) is 17.9. The Labute approximate surface area is 169 Å². The van der Waals surface area contributed by atoms with Gasteiger partial charge in [0.1, 0.15) is 11.5 Å². The van der Waals surface area contributed by atoms with Crippen molar-refractivity contribution in [2.24, 2.45) is 0 Å². The number of halogens is 2. The van der Waals surface area contributed by atoms with Crippen molar-refractivity contribution in [3.8, 4) is 11.1 Å². The van der Waals surface area contributed by atoms with Gasteiger partial charge < -0.3 is 20.0 Å². The van der Waals surface area contributed by atoms with Crippen molar-refractivity contribution < 1.29 is 9.13 Å². The van der Waals surface area contributed by atoms with Crippen molar-refractivity contribution in [1.29, 1.82) is 0 Å². The zero-order valence-electron chi connectivity index (χ0n) is 15.1. The third kappa shape index (κ3) is 3.18. The van der Waals surface area contributed by atoms with Crippen LogP contribution in [0.1, 0.15) is 11.6 Å². The highest BCUT2D eigenvalue weighted by Crippen LogP contribution is 2.34. The molecule has 6 nitrogen and oxygen atoms in total. The van der Waals surface area contributed by atoms with Crippen LogP contribution in [-0.4, -0.2) is 28.2 Å². The van der Waals surface area contributed by atoms with E-state index in [1.54, 1.807) is 18.3 Å². The fraction of sp³-hybridized carbons (Fsp3) is 0.143. The van der Waals surface area contributed by atoms with Gasteiger partial charge in [0.25, 0.3) is 5.56 Å². The summed E-state index contributed by atoms with van der Waals surface area (Å²) in [6.45, 7) is 1.09. The predicted octanol–water partition coefficient (Wildman–Crippen LogP) is 4.57. The number of nitrogens with zero attached hydrogens (tertiary/aromatic N) is 1. The highest BCUT2D eigenvalue weighted by Gasteiger charge is 2.26. The van der Waals surface area contributed by atoms with Crippen LogP contribution < -0.4 is 10.9 Å². The Balaban J connectivity index is 1.64. The third-order valence-corrected chi connectivity index (χ3v) is 5.37. The molecule has 1 fully saturated rings. The number of fused-ring (bicyclic) bond motifs is 1. The minimum absolute atomic E-state index is 0.0314. The summed E-state index contributed by atoms with van der Waals surface area (Å²) in [5.41, 5.74) is 3.82. The van der Waals surface area contributed by atoms with Gasteiger partial charge in [-0.05, 0) is 35.9 Å². The van der Waals surface area contributed by atoms with E-state index in [0.717, 1.165) is 28.1 Å². The molecule has 1 aliphatic heterocycles. The lowest BCUT2D eigenvalue weighted by Crippen LogP contribution is -2.29. The maximum absolute atomic E-state index is 13.6. The molecular formula is C21H16ClFN4O2. The van der Waals surface area contributed by atoms with Gasteiger partial charge in [-0.2, -0.15) is 0 Å². The van der Waals surface area contributed by atoms with Crippen LogP contribution in [0.5, 0.6) is 0 Å². The molecule has 0 aliphatic carbocycles. The van der Waals surface area contributed by atoms with Crippen LogP contribution >= 0.6 is 11.6 Å². The van der Waals surface area contributed by atoms with Crippen LogP contribution in [-0.2, 0) is 4.74 Å². The molecule has 5 rings (SSSR count). The normalized spacial score (nSPS) is 14.1. The third-order valence-electron chi connectivity index (χ3n) is 5.08. The van der Waals surface area contributed by atoms with E-state index in [9.17, 15) is 9.18 Å². The zero-order valence-corrected chi connectivity index (χ0v) is 15.9. The molecule has 0 saturated carbocycles. The van der Waals surface area contributed by atoms with Gasteiger partial charge in [0.05, 0.1) is 29.6 Å². The summed E-state index contributed by atoms with van der Waals surface area (Å²) < 4.78 is 18.9. The highest BCUT2D eigenvalue weighted by atomic mass is 35.5. The van der Waals surface area contributed by atoms with E-state index in [1.165, 1.54) is 12.1 Å². The van der Waals surface area contributed by atoms with Gasteiger partial charge in [0, 0.05) is 35.0 Å². The average Bonchev–Trinajstić information content (AvgIpc) is 3.14. The zero-order chi connectivity index (χ0) is 20.0. The van der Waals surface area contributed by atoms with Gasteiger partial charge >= 0.3 is 0 Å². The van der Waals surface area contributed by atoms with Crippen LogP contribution in [0, 0.1) is 5.82 Å². The van der Waals surface area contributed by atoms with E-state index in [-0.39, 0.29) is 16.5 Å². The smallest absolute Gasteiger partial charge is 0.256 e. The Kier molecular flexibility index (Phi) is 4.34. The SMILES string of the molecule is O=c1[nH]c(C2COC2)c(Nc2ccnc3[nH]ccc23)cc1-c1ccc(F)c(Cl)c1. The summed E-state index contributed by atoms with van der Waals surface area (Å²) >= 11 is 5.92. The summed E-state index contributed by atoms with van der Waals surface area (Å²) in [5.74, 6) is -0.431. The number of nitrogens with one attached hydrogen (secondary N) is 3. The van der Waals surface area contributed by atoms with Gasteiger partial charge in [0.2, 0.25) is 0 Å². The Morgan fingerprint density at radius 1 is 1.17 bits per heavy atom. The molecule has 3 N–H and O–H groups in total. The average molecular weight is 411 g/mol. The van der Waals surface area contributed by atoms with Gasteiger partial charge in [-0.15, -0.1) is 0 Å². The summed E-state index contributed by atoms with van der Waals surface area (Å²) in [6, 6.07) is 9.83.